The van der Waals surface area contributed by atoms with Crippen LogP contribution in [0.3, 0.4) is 0 Å². The minimum atomic E-state index is 0.253. The molecule has 1 aromatic carbocycles. The lowest BCUT2D eigenvalue weighted by molar-refractivity contribution is 0.246. The van der Waals surface area contributed by atoms with Crippen molar-refractivity contribution < 1.29 is 18.9 Å². The molecule has 0 aliphatic heterocycles. The van der Waals surface area contributed by atoms with Crippen LogP contribution in [0, 0.1) is 5.41 Å². The third-order valence-corrected chi connectivity index (χ3v) is 4.15. The Morgan fingerprint density at radius 3 is 2.00 bits per heavy atom. The standard InChI is InChI=1S/C14H20O4S/c1-15-11-6-10(7-12(16-2)13(11)17-3)18-8-14(9-19)4-5-14/h6-7,19H,4-5,8-9H2,1-3H3. The van der Waals surface area contributed by atoms with Crippen molar-refractivity contribution in [3.05, 3.63) is 12.1 Å². The summed E-state index contributed by atoms with van der Waals surface area (Å²) < 4.78 is 21.7. The molecular weight excluding hydrogens is 264 g/mol. The minimum absolute atomic E-state index is 0.253. The molecule has 0 amide bonds. The van der Waals surface area contributed by atoms with Gasteiger partial charge in [0, 0.05) is 17.5 Å². The Bertz CT molecular complexity index is 418. The van der Waals surface area contributed by atoms with Crippen molar-refractivity contribution in [3.8, 4) is 23.0 Å². The summed E-state index contributed by atoms with van der Waals surface area (Å²) in [4.78, 5) is 0. The molecule has 5 heteroatoms. The molecule has 1 aliphatic rings. The fourth-order valence-electron chi connectivity index (χ4n) is 1.90. The van der Waals surface area contributed by atoms with Crippen molar-refractivity contribution in [2.24, 2.45) is 5.41 Å². The highest BCUT2D eigenvalue weighted by atomic mass is 32.1. The van der Waals surface area contributed by atoms with Gasteiger partial charge in [-0.05, 0) is 18.6 Å². The van der Waals surface area contributed by atoms with E-state index in [9.17, 15) is 0 Å². The van der Waals surface area contributed by atoms with E-state index >= 15 is 0 Å². The molecule has 1 saturated carbocycles. The zero-order valence-corrected chi connectivity index (χ0v) is 12.5. The van der Waals surface area contributed by atoms with Crippen molar-refractivity contribution in [2.75, 3.05) is 33.7 Å². The second kappa shape index (κ2) is 5.82. The summed E-state index contributed by atoms with van der Waals surface area (Å²) >= 11 is 4.37. The predicted molar refractivity (Wildman–Crippen MR) is 77.1 cm³/mol. The Labute approximate surface area is 119 Å². The molecule has 0 saturated heterocycles. The molecule has 0 radical (unpaired) electrons. The van der Waals surface area contributed by atoms with Crippen LogP contribution in [0.15, 0.2) is 12.1 Å². The van der Waals surface area contributed by atoms with Gasteiger partial charge in [-0.2, -0.15) is 12.6 Å². The Balaban J connectivity index is 2.16. The third-order valence-electron chi connectivity index (χ3n) is 3.48. The van der Waals surface area contributed by atoms with Gasteiger partial charge in [-0.3, -0.25) is 0 Å². The van der Waals surface area contributed by atoms with Gasteiger partial charge in [0.25, 0.3) is 0 Å². The zero-order valence-electron chi connectivity index (χ0n) is 11.6. The number of rotatable bonds is 7. The van der Waals surface area contributed by atoms with E-state index in [1.807, 2.05) is 12.1 Å². The first kappa shape index (κ1) is 14.2. The zero-order chi connectivity index (χ0) is 13.9. The van der Waals surface area contributed by atoms with E-state index in [2.05, 4.69) is 12.6 Å². The topological polar surface area (TPSA) is 36.9 Å². The first-order valence-corrected chi connectivity index (χ1v) is 6.85. The number of ether oxygens (including phenoxy) is 4. The van der Waals surface area contributed by atoms with Gasteiger partial charge in [0.2, 0.25) is 5.75 Å². The molecule has 0 N–H and O–H groups in total. The van der Waals surface area contributed by atoms with Crippen LogP contribution in [0.1, 0.15) is 12.8 Å². The molecule has 4 nitrogen and oxygen atoms in total. The average molecular weight is 284 g/mol. The quantitative estimate of drug-likeness (QED) is 0.781. The smallest absolute Gasteiger partial charge is 0.203 e. The Morgan fingerprint density at radius 1 is 1.05 bits per heavy atom. The first-order chi connectivity index (χ1) is 9.18. The lowest BCUT2D eigenvalue weighted by Crippen LogP contribution is -2.14. The van der Waals surface area contributed by atoms with Gasteiger partial charge in [-0.1, -0.05) is 0 Å². The van der Waals surface area contributed by atoms with Crippen LogP contribution in [-0.2, 0) is 0 Å². The molecule has 1 aromatic rings. The van der Waals surface area contributed by atoms with Crippen molar-refractivity contribution in [1.82, 2.24) is 0 Å². The second-order valence-corrected chi connectivity index (χ2v) is 5.12. The number of methoxy groups -OCH3 is 3. The van der Waals surface area contributed by atoms with Crippen molar-refractivity contribution in [1.29, 1.82) is 0 Å². The highest BCUT2D eigenvalue weighted by molar-refractivity contribution is 7.80. The van der Waals surface area contributed by atoms with Crippen LogP contribution in [0.5, 0.6) is 23.0 Å². The summed E-state index contributed by atoms with van der Waals surface area (Å²) in [5, 5.41) is 0. The highest BCUT2D eigenvalue weighted by Gasteiger charge is 2.42. The van der Waals surface area contributed by atoms with Crippen LogP contribution < -0.4 is 18.9 Å². The Morgan fingerprint density at radius 2 is 1.63 bits per heavy atom. The van der Waals surface area contributed by atoms with Gasteiger partial charge in [0.15, 0.2) is 11.5 Å². The van der Waals surface area contributed by atoms with Gasteiger partial charge < -0.3 is 18.9 Å². The van der Waals surface area contributed by atoms with Crippen LogP contribution in [0.4, 0.5) is 0 Å². The molecule has 0 heterocycles. The molecule has 0 atom stereocenters. The fraction of sp³-hybridized carbons (Fsp3) is 0.571. The fourth-order valence-corrected chi connectivity index (χ4v) is 2.31. The number of thiol groups is 1. The molecule has 0 aromatic heterocycles. The SMILES string of the molecule is COc1cc(OCC2(CS)CC2)cc(OC)c1OC. The van der Waals surface area contributed by atoms with Crippen LogP contribution in [0.2, 0.25) is 0 Å². The molecule has 19 heavy (non-hydrogen) atoms. The first-order valence-electron chi connectivity index (χ1n) is 6.22. The molecule has 1 fully saturated rings. The summed E-state index contributed by atoms with van der Waals surface area (Å²) in [6.45, 7) is 0.676. The lowest BCUT2D eigenvalue weighted by Gasteiger charge is -2.17. The monoisotopic (exact) mass is 284 g/mol. The summed E-state index contributed by atoms with van der Waals surface area (Å²) in [5.74, 6) is 3.37. The van der Waals surface area contributed by atoms with Gasteiger partial charge >= 0.3 is 0 Å². The number of hydrogen-bond donors (Lipinski definition) is 1. The van der Waals surface area contributed by atoms with Crippen LogP contribution >= 0.6 is 12.6 Å². The maximum absolute atomic E-state index is 5.84. The van der Waals surface area contributed by atoms with E-state index < -0.39 is 0 Å². The van der Waals surface area contributed by atoms with E-state index in [1.165, 1.54) is 12.8 Å². The van der Waals surface area contributed by atoms with Crippen LogP contribution in [-0.4, -0.2) is 33.7 Å². The van der Waals surface area contributed by atoms with Gasteiger partial charge in [0.05, 0.1) is 27.9 Å². The third kappa shape index (κ3) is 3.03. The molecule has 0 spiro atoms. The molecular formula is C14H20O4S. The van der Waals surface area contributed by atoms with Crippen molar-refractivity contribution in [2.45, 2.75) is 12.8 Å². The Kier molecular flexibility index (Phi) is 4.34. The van der Waals surface area contributed by atoms with Crippen LogP contribution in [0.25, 0.3) is 0 Å². The number of hydrogen-bond acceptors (Lipinski definition) is 5. The summed E-state index contributed by atoms with van der Waals surface area (Å²) in [6, 6.07) is 3.63. The van der Waals surface area contributed by atoms with E-state index in [-0.39, 0.29) is 5.41 Å². The van der Waals surface area contributed by atoms with E-state index in [0.717, 1.165) is 11.5 Å². The van der Waals surface area contributed by atoms with Gasteiger partial charge in [-0.25, -0.2) is 0 Å². The molecule has 0 unspecified atom stereocenters. The molecule has 0 bridgehead atoms. The molecule has 106 valence electrons. The Hall–Kier alpha value is -1.23. The maximum atomic E-state index is 5.84. The maximum Gasteiger partial charge on any atom is 0.203 e. The van der Waals surface area contributed by atoms with Crippen molar-refractivity contribution in [3.63, 3.8) is 0 Å². The van der Waals surface area contributed by atoms with Gasteiger partial charge in [0.1, 0.15) is 5.75 Å². The highest BCUT2D eigenvalue weighted by Crippen LogP contribution is 2.47. The molecule has 2 rings (SSSR count). The minimum Gasteiger partial charge on any atom is -0.493 e. The predicted octanol–water partition coefficient (Wildman–Crippen LogP) is 2.80. The summed E-state index contributed by atoms with van der Waals surface area (Å²) in [5.41, 5.74) is 0.253. The lowest BCUT2D eigenvalue weighted by atomic mass is 10.1. The summed E-state index contributed by atoms with van der Waals surface area (Å²) in [7, 11) is 4.77. The normalized spacial score (nSPS) is 15.8. The summed E-state index contributed by atoms with van der Waals surface area (Å²) in [6.07, 6.45) is 2.36. The number of benzene rings is 1. The van der Waals surface area contributed by atoms with Gasteiger partial charge in [-0.15, -0.1) is 0 Å². The largest absolute Gasteiger partial charge is 0.493 e. The average Bonchev–Trinajstić information content (AvgIpc) is 3.24. The molecule has 1 aliphatic carbocycles. The van der Waals surface area contributed by atoms with Crippen molar-refractivity contribution >= 4 is 12.6 Å². The van der Waals surface area contributed by atoms with E-state index in [4.69, 9.17) is 18.9 Å². The van der Waals surface area contributed by atoms with E-state index in [1.54, 1.807) is 21.3 Å². The van der Waals surface area contributed by atoms with E-state index in [0.29, 0.717) is 23.9 Å². The second-order valence-electron chi connectivity index (χ2n) is 4.81.